The van der Waals surface area contributed by atoms with Crippen LogP contribution in [0.1, 0.15) is 72.5 Å². The second-order valence-corrected chi connectivity index (χ2v) is 11.0. The van der Waals surface area contributed by atoms with Crippen LogP contribution in [0.15, 0.2) is 31.1 Å². The molecule has 9 nitrogen and oxygen atoms in total. The van der Waals surface area contributed by atoms with Gasteiger partial charge in [-0.15, -0.1) is 0 Å². The minimum absolute atomic E-state index is 0.0396. The molecule has 5 rings (SSSR count). The van der Waals surface area contributed by atoms with Gasteiger partial charge in [-0.2, -0.15) is 23.4 Å². The Morgan fingerprint density at radius 3 is 2.71 bits per heavy atom. The normalized spacial score (nSPS) is 22.1. The first kappa shape index (κ1) is 29.6. The van der Waals surface area contributed by atoms with Gasteiger partial charge in [0, 0.05) is 50.0 Å². The Hall–Kier alpha value is -3.84. The summed E-state index contributed by atoms with van der Waals surface area (Å²) in [5, 5.41) is 14.0. The van der Waals surface area contributed by atoms with Crippen LogP contribution < -0.4 is 10.6 Å². The second kappa shape index (κ2) is 11.4. The van der Waals surface area contributed by atoms with Gasteiger partial charge in [0.05, 0.1) is 29.5 Å². The summed E-state index contributed by atoms with van der Waals surface area (Å²) in [6.07, 6.45) is -0.512. The number of aryl methyl sites for hydroxylation is 1. The lowest BCUT2D eigenvalue weighted by Gasteiger charge is -2.33. The number of hydrogen-bond acceptors (Lipinski definition) is 5. The van der Waals surface area contributed by atoms with Crippen molar-refractivity contribution in [1.29, 1.82) is 0 Å². The van der Waals surface area contributed by atoms with Gasteiger partial charge in [0.25, 0.3) is 5.91 Å². The van der Waals surface area contributed by atoms with Crippen LogP contribution >= 0.6 is 0 Å². The zero-order valence-corrected chi connectivity index (χ0v) is 23.0. The zero-order valence-electron chi connectivity index (χ0n) is 23.0. The molecule has 0 spiro atoms. The van der Waals surface area contributed by atoms with E-state index in [4.69, 9.17) is 0 Å². The van der Waals surface area contributed by atoms with Gasteiger partial charge in [-0.3, -0.25) is 14.3 Å². The van der Waals surface area contributed by atoms with Gasteiger partial charge < -0.3 is 10.6 Å². The molecule has 42 heavy (non-hydrogen) atoms. The van der Waals surface area contributed by atoms with E-state index < -0.39 is 48.3 Å². The van der Waals surface area contributed by atoms with Crippen molar-refractivity contribution in [3.8, 4) is 0 Å². The fourth-order valence-electron chi connectivity index (χ4n) is 5.86. The summed E-state index contributed by atoms with van der Waals surface area (Å²) in [6.45, 7) is 5.63. The highest BCUT2D eigenvalue weighted by Gasteiger charge is 2.45. The van der Waals surface area contributed by atoms with Crippen LogP contribution in [0, 0.1) is 17.8 Å². The molecule has 14 heteroatoms. The predicted molar refractivity (Wildman–Crippen MR) is 142 cm³/mol. The summed E-state index contributed by atoms with van der Waals surface area (Å²) in [4.78, 5) is 30.4. The Bertz CT molecular complexity index is 1470. The van der Waals surface area contributed by atoms with Crippen LogP contribution in [0.5, 0.6) is 0 Å². The van der Waals surface area contributed by atoms with E-state index in [1.807, 2.05) is 6.92 Å². The number of fused-ring (bicyclic) bond motifs is 1. The number of amides is 2. The number of rotatable bonds is 8. The molecule has 2 fully saturated rings. The highest BCUT2D eigenvalue weighted by Crippen LogP contribution is 2.41. The Morgan fingerprint density at radius 1 is 1.31 bits per heavy atom. The van der Waals surface area contributed by atoms with Crippen molar-refractivity contribution in [2.75, 3.05) is 6.54 Å². The van der Waals surface area contributed by atoms with Gasteiger partial charge in [-0.1, -0.05) is 12.7 Å². The predicted octanol–water partition coefficient (Wildman–Crippen LogP) is 4.74. The summed E-state index contributed by atoms with van der Waals surface area (Å²) in [7, 11) is 0. The fourth-order valence-corrected chi connectivity index (χ4v) is 5.86. The van der Waals surface area contributed by atoms with E-state index in [0.29, 0.717) is 34.8 Å². The van der Waals surface area contributed by atoms with Crippen molar-refractivity contribution in [2.24, 2.45) is 17.8 Å². The number of aromatic nitrogens is 5. The van der Waals surface area contributed by atoms with Crippen molar-refractivity contribution in [2.45, 2.75) is 70.1 Å². The number of carbonyl (C=O) groups excluding carboxylic acids is 2. The lowest BCUT2D eigenvalue weighted by atomic mass is 9.81. The molecule has 0 radical (unpaired) electrons. The summed E-state index contributed by atoms with van der Waals surface area (Å²) in [6, 6.07) is 2.52. The third-order valence-electron chi connectivity index (χ3n) is 8.25. The van der Waals surface area contributed by atoms with E-state index in [1.54, 1.807) is 18.3 Å². The number of alkyl halides is 5. The van der Waals surface area contributed by atoms with E-state index in [0.717, 1.165) is 0 Å². The van der Waals surface area contributed by atoms with Crippen LogP contribution in [0.2, 0.25) is 0 Å². The van der Waals surface area contributed by atoms with Crippen molar-refractivity contribution >= 4 is 23.5 Å². The molecule has 1 aliphatic heterocycles. The molecule has 3 aromatic heterocycles. The number of hydrogen-bond donors (Lipinski definition) is 2. The zero-order chi connectivity index (χ0) is 30.2. The first-order valence-corrected chi connectivity index (χ1v) is 13.9. The largest absolute Gasteiger partial charge is 0.393 e. The Kier molecular flexibility index (Phi) is 8.08. The standard InChI is InChI=1S/C28H32F5N7O2/c1-3-16-13-23-36-21(15-40(23)38-20(16)12-18-11-19(28(31,32)33)14-34-25(18)41)24(17-5-8-27(29,30)9-6-17)37-26(42)22-7-10-35-39(22)4-2/h3,7,10,13,15,17-19,24H,1,4-6,8-9,11-12,14H2,2H3,(H,34,41)(H,37,42)/t18?,19-,24+/m1/s1. The third kappa shape index (κ3) is 6.16. The fraction of sp³-hybridized carbons (Fsp3) is 0.536. The molecule has 1 saturated carbocycles. The molecule has 226 valence electrons. The van der Waals surface area contributed by atoms with E-state index in [1.165, 1.54) is 21.5 Å². The summed E-state index contributed by atoms with van der Waals surface area (Å²) >= 11 is 0. The van der Waals surface area contributed by atoms with Crippen molar-refractivity contribution in [3.05, 3.63) is 53.8 Å². The van der Waals surface area contributed by atoms with E-state index in [2.05, 4.69) is 32.4 Å². The van der Waals surface area contributed by atoms with E-state index in [9.17, 15) is 31.5 Å². The average Bonchev–Trinajstić information content (AvgIpc) is 3.58. The molecule has 2 amide bonds. The van der Waals surface area contributed by atoms with E-state index in [-0.39, 0.29) is 44.4 Å². The summed E-state index contributed by atoms with van der Waals surface area (Å²) < 4.78 is 71.1. The lowest BCUT2D eigenvalue weighted by molar-refractivity contribution is -0.183. The maximum absolute atomic E-state index is 14.0. The minimum Gasteiger partial charge on any atom is -0.355 e. The minimum atomic E-state index is -4.43. The highest BCUT2D eigenvalue weighted by atomic mass is 19.4. The number of halogens is 5. The monoisotopic (exact) mass is 593 g/mol. The van der Waals surface area contributed by atoms with Gasteiger partial charge in [0.1, 0.15) is 5.69 Å². The van der Waals surface area contributed by atoms with Gasteiger partial charge >= 0.3 is 6.18 Å². The molecular formula is C28H32F5N7O2. The lowest BCUT2D eigenvalue weighted by Crippen LogP contribution is -2.47. The van der Waals surface area contributed by atoms with Crippen molar-refractivity contribution in [3.63, 3.8) is 0 Å². The molecule has 3 atom stereocenters. The molecular weight excluding hydrogens is 561 g/mol. The average molecular weight is 594 g/mol. The Labute approximate surface area is 238 Å². The smallest absolute Gasteiger partial charge is 0.355 e. The Balaban J connectivity index is 1.46. The van der Waals surface area contributed by atoms with Gasteiger partial charge in [-0.25, -0.2) is 18.3 Å². The van der Waals surface area contributed by atoms with Crippen LogP contribution in [-0.2, 0) is 17.8 Å². The van der Waals surface area contributed by atoms with Crippen LogP contribution in [0.3, 0.4) is 0 Å². The molecule has 4 heterocycles. The number of carbonyl (C=O) groups is 2. The summed E-state index contributed by atoms with van der Waals surface area (Å²) in [5.41, 5.74) is 1.99. The molecule has 2 N–H and O–H groups in total. The van der Waals surface area contributed by atoms with Crippen LogP contribution in [0.25, 0.3) is 11.7 Å². The molecule has 2 aliphatic rings. The SMILES string of the molecule is C=Cc1cc2nc([C@@H](NC(=O)c3ccnn3CC)C3CCC(F)(F)CC3)cn2nc1CC1C[C@@H](C(F)(F)F)CNC1=O. The van der Waals surface area contributed by atoms with E-state index >= 15 is 0 Å². The molecule has 1 unspecified atom stereocenters. The topological polar surface area (TPSA) is 106 Å². The number of imidazole rings is 1. The number of nitrogens with one attached hydrogen (secondary N) is 2. The number of piperidine rings is 1. The van der Waals surface area contributed by atoms with Crippen molar-refractivity contribution < 1.29 is 31.5 Å². The summed E-state index contributed by atoms with van der Waals surface area (Å²) in [5.74, 6) is -6.56. The van der Waals surface area contributed by atoms with Gasteiger partial charge in [0.15, 0.2) is 5.65 Å². The first-order valence-electron chi connectivity index (χ1n) is 13.9. The molecule has 1 aliphatic carbocycles. The third-order valence-corrected chi connectivity index (χ3v) is 8.25. The molecule has 0 aromatic carbocycles. The maximum Gasteiger partial charge on any atom is 0.393 e. The Morgan fingerprint density at radius 2 is 2.05 bits per heavy atom. The first-order chi connectivity index (χ1) is 19.9. The number of nitrogens with zero attached hydrogens (tertiary/aromatic N) is 5. The molecule has 3 aromatic rings. The maximum atomic E-state index is 14.0. The van der Waals surface area contributed by atoms with Crippen LogP contribution in [0.4, 0.5) is 22.0 Å². The highest BCUT2D eigenvalue weighted by molar-refractivity contribution is 5.92. The van der Waals surface area contributed by atoms with Crippen LogP contribution in [-0.4, -0.2) is 54.8 Å². The van der Waals surface area contributed by atoms with Crippen molar-refractivity contribution in [1.82, 2.24) is 35.0 Å². The molecule has 1 saturated heterocycles. The van der Waals surface area contributed by atoms with Gasteiger partial charge in [-0.05, 0) is 44.2 Å². The van der Waals surface area contributed by atoms with Gasteiger partial charge in [0.2, 0.25) is 11.8 Å². The quantitative estimate of drug-likeness (QED) is 0.367. The molecule has 0 bridgehead atoms. The second-order valence-electron chi connectivity index (χ2n) is 11.0.